The van der Waals surface area contributed by atoms with Crippen LogP contribution in [0.3, 0.4) is 0 Å². The first-order valence-electron chi connectivity index (χ1n) is 6.72. The van der Waals surface area contributed by atoms with E-state index >= 15 is 0 Å². The molecule has 2 rings (SSSR count). The normalized spacial score (nSPS) is 19.9. The molecule has 1 aromatic rings. The van der Waals surface area contributed by atoms with Gasteiger partial charge in [0.1, 0.15) is 0 Å². The van der Waals surface area contributed by atoms with Gasteiger partial charge in [-0.1, -0.05) is 0 Å². The van der Waals surface area contributed by atoms with Crippen LogP contribution in [0.5, 0.6) is 0 Å². The summed E-state index contributed by atoms with van der Waals surface area (Å²) in [4.78, 5) is 11.7. The van der Waals surface area contributed by atoms with Crippen molar-refractivity contribution < 1.29 is 13.2 Å². The number of carbonyl (C=O) groups excluding carboxylic acids is 1. The summed E-state index contributed by atoms with van der Waals surface area (Å²) >= 11 is 0. The third-order valence-corrected chi connectivity index (χ3v) is 5.08. The third kappa shape index (κ3) is 4.85. The number of nitrogens with one attached hydrogen (secondary N) is 2. The molecule has 1 unspecified atom stereocenters. The Morgan fingerprint density at radius 1 is 1.33 bits per heavy atom. The van der Waals surface area contributed by atoms with Crippen LogP contribution in [0.2, 0.25) is 0 Å². The fraction of sp³-hybridized carbons (Fsp3) is 0.429. The number of nitriles is 1. The van der Waals surface area contributed by atoms with Gasteiger partial charge in [0, 0.05) is 24.7 Å². The largest absolute Gasteiger partial charge is 0.326 e. The molecule has 0 bridgehead atoms. The number of carbonyl (C=O) groups is 1. The summed E-state index contributed by atoms with van der Waals surface area (Å²) in [5.41, 5.74) is 1.18. The lowest BCUT2D eigenvalue weighted by molar-refractivity contribution is -0.116. The van der Waals surface area contributed by atoms with E-state index in [4.69, 9.17) is 5.26 Å². The van der Waals surface area contributed by atoms with Crippen molar-refractivity contribution in [2.24, 2.45) is 0 Å². The van der Waals surface area contributed by atoms with Gasteiger partial charge >= 0.3 is 0 Å². The molecule has 0 radical (unpaired) electrons. The van der Waals surface area contributed by atoms with Crippen molar-refractivity contribution in [1.29, 1.82) is 5.26 Å². The highest BCUT2D eigenvalue weighted by Crippen LogP contribution is 2.11. The molecule has 1 aliphatic heterocycles. The number of sulfone groups is 1. The zero-order chi connectivity index (χ0) is 15.3. The van der Waals surface area contributed by atoms with E-state index in [1.807, 2.05) is 6.07 Å². The molecule has 7 heteroatoms. The summed E-state index contributed by atoms with van der Waals surface area (Å²) in [6, 6.07) is 8.58. The first kappa shape index (κ1) is 15.5. The Morgan fingerprint density at radius 2 is 2.05 bits per heavy atom. The highest BCUT2D eigenvalue weighted by molar-refractivity contribution is 7.91. The summed E-state index contributed by atoms with van der Waals surface area (Å²) in [7, 11) is -2.89. The van der Waals surface area contributed by atoms with Gasteiger partial charge in [0.05, 0.1) is 23.1 Å². The molecule has 0 aromatic heterocycles. The fourth-order valence-corrected chi connectivity index (χ4v) is 3.91. The molecule has 21 heavy (non-hydrogen) atoms. The van der Waals surface area contributed by atoms with Crippen molar-refractivity contribution >= 4 is 21.4 Å². The molecule has 6 nitrogen and oxygen atoms in total. The van der Waals surface area contributed by atoms with Gasteiger partial charge < -0.3 is 10.6 Å². The van der Waals surface area contributed by atoms with Gasteiger partial charge in [0.15, 0.2) is 9.84 Å². The van der Waals surface area contributed by atoms with E-state index in [2.05, 4.69) is 10.6 Å². The minimum atomic E-state index is -2.89. The molecule has 112 valence electrons. The Bertz CT molecular complexity index is 647. The molecule has 0 aliphatic carbocycles. The average Bonchev–Trinajstić information content (AvgIpc) is 2.79. The van der Waals surface area contributed by atoms with Gasteiger partial charge in [-0.25, -0.2) is 8.42 Å². The Labute approximate surface area is 124 Å². The lowest BCUT2D eigenvalue weighted by atomic mass is 10.2. The topological polar surface area (TPSA) is 99.1 Å². The lowest BCUT2D eigenvalue weighted by Crippen LogP contribution is -2.32. The lowest BCUT2D eigenvalue weighted by Gasteiger charge is -2.10. The fourth-order valence-electron chi connectivity index (χ4n) is 2.20. The summed E-state index contributed by atoms with van der Waals surface area (Å²) in [6.45, 7) is 0.447. The van der Waals surface area contributed by atoms with Crippen LogP contribution in [-0.2, 0) is 14.6 Å². The minimum absolute atomic E-state index is 0.0438. The molecular weight excluding hydrogens is 290 g/mol. The first-order valence-corrected chi connectivity index (χ1v) is 8.54. The van der Waals surface area contributed by atoms with Crippen LogP contribution in [0.4, 0.5) is 5.69 Å². The van der Waals surface area contributed by atoms with Crippen LogP contribution in [-0.4, -0.2) is 38.4 Å². The predicted octanol–water partition coefficient (Wildman–Crippen LogP) is 0.664. The highest BCUT2D eigenvalue weighted by Gasteiger charge is 2.27. The molecule has 1 fully saturated rings. The molecule has 2 N–H and O–H groups in total. The molecule has 1 saturated heterocycles. The first-order chi connectivity index (χ1) is 9.98. The number of amides is 1. The van der Waals surface area contributed by atoms with E-state index in [9.17, 15) is 13.2 Å². The van der Waals surface area contributed by atoms with Crippen LogP contribution in [0.25, 0.3) is 0 Å². The maximum Gasteiger partial charge on any atom is 0.225 e. The molecular formula is C14H17N3O3S. The number of hydrogen-bond acceptors (Lipinski definition) is 5. The molecule has 0 saturated carbocycles. The Hall–Kier alpha value is -1.91. The molecule has 0 spiro atoms. The van der Waals surface area contributed by atoms with Gasteiger partial charge in [-0.3, -0.25) is 4.79 Å². The molecule has 1 aliphatic rings. The number of hydrogen-bond donors (Lipinski definition) is 2. The Balaban J connectivity index is 1.71. The standard InChI is InChI=1S/C14H17N3O3S/c15-9-11-1-3-12(4-2-11)17-14(18)5-7-16-13-6-8-21(19,20)10-13/h1-4,13,16H,5-8,10H2,(H,17,18). The summed E-state index contributed by atoms with van der Waals surface area (Å²) < 4.78 is 22.6. The smallest absolute Gasteiger partial charge is 0.225 e. The second-order valence-electron chi connectivity index (χ2n) is 5.04. The number of rotatable bonds is 5. The van der Waals surface area contributed by atoms with Crippen LogP contribution in [0.1, 0.15) is 18.4 Å². The average molecular weight is 307 g/mol. The molecule has 1 aromatic carbocycles. The summed E-state index contributed by atoms with van der Waals surface area (Å²) in [6.07, 6.45) is 0.885. The molecule has 1 amide bonds. The SMILES string of the molecule is N#Cc1ccc(NC(=O)CCNC2CCS(=O)(=O)C2)cc1. The monoisotopic (exact) mass is 307 g/mol. The van der Waals surface area contributed by atoms with E-state index in [1.165, 1.54) is 0 Å². The Kier molecular flexibility index (Phi) is 4.94. The zero-order valence-electron chi connectivity index (χ0n) is 11.5. The van der Waals surface area contributed by atoms with Crippen LogP contribution in [0.15, 0.2) is 24.3 Å². The third-order valence-electron chi connectivity index (χ3n) is 3.32. The summed E-state index contributed by atoms with van der Waals surface area (Å²) in [5.74, 6) is 0.236. The number of nitrogens with zero attached hydrogens (tertiary/aromatic N) is 1. The van der Waals surface area contributed by atoms with Crippen molar-refractivity contribution in [1.82, 2.24) is 5.32 Å². The van der Waals surface area contributed by atoms with E-state index in [0.29, 0.717) is 24.2 Å². The molecule has 1 atom stereocenters. The van der Waals surface area contributed by atoms with Gasteiger partial charge in [0.25, 0.3) is 0 Å². The van der Waals surface area contributed by atoms with Gasteiger partial charge in [-0.05, 0) is 30.7 Å². The summed E-state index contributed by atoms with van der Waals surface area (Å²) in [5, 5.41) is 14.5. The van der Waals surface area contributed by atoms with Crippen molar-refractivity contribution in [2.45, 2.75) is 18.9 Å². The van der Waals surface area contributed by atoms with E-state index in [1.54, 1.807) is 24.3 Å². The van der Waals surface area contributed by atoms with Crippen LogP contribution < -0.4 is 10.6 Å². The zero-order valence-corrected chi connectivity index (χ0v) is 12.3. The van der Waals surface area contributed by atoms with Crippen molar-refractivity contribution in [3.8, 4) is 6.07 Å². The van der Waals surface area contributed by atoms with Crippen molar-refractivity contribution in [3.05, 3.63) is 29.8 Å². The molecule has 1 heterocycles. The highest BCUT2D eigenvalue weighted by atomic mass is 32.2. The maximum atomic E-state index is 11.7. The predicted molar refractivity (Wildman–Crippen MR) is 79.5 cm³/mol. The Morgan fingerprint density at radius 3 is 2.62 bits per heavy atom. The second kappa shape index (κ2) is 6.70. The van der Waals surface area contributed by atoms with Crippen LogP contribution >= 0.6 is 0 Å². The van der Waals surface area contributed by atoms with Crippen molar-refractivity contribution in [2.75, 3.05) is 23.4 Å². The number of benzene rings is 1. The number of anilines is 1. The van der Waals surface area contributed by atoms with Crippen molar-refractivity contribution in [3.63, 3.8) is 0 Å². The maximum absolute atomic E-state index is 11.7. The quantitative estimate of drug-likeness (QED) is 0.832. The van der Waals surface area contributed by atoms with E-state index in [0.717, 1.165) is 0 Å². The van der Waals surface area contributed by atoms with Gasteiger partial charge in [-0.2, -0.15) is 5.26 Å². The van der Waals surface area contributed by atoms with E-state index < -0.39 is 9.84 Å². The van der Waals surface area contributed by atoms with Gasteiger partial charge in [-0.15, -0.1) is 0 Å². The van der Waals surface area contributed by atoms with E-state index in [-0.39, 0.29) is 29.9 Å². The second-order valence-corrected chi connectivity index (χ2v) is 7.27. The van der Waals surface area contributed by atoms with Gasteiger partial charge in [0.2, 0.25) is 5.91 Å². The van der Waals surface area contributed by atoms with Crippen LogP contribution in [0, 0.1) is 11.3 Å². The minimum Gasteiger partial charge on any atom is -0.326 e.